The molecule has 1 N–H and O–H groups in total. The van der Waals surface area contributed by atoms with E-state index in [-0.39, 0.29) is 11.8 Å². The van der Waals surface area contributed by atoms with Crippen molar-refractivity contribution in [2.24, 2.45) is 11.8 Å². The second kappa shape index (κ2) is 4.61. The molecule has 76 valence electrons. The normalized spacial score (nSPS) is 28.9. The molecule has 1 aliphatic rings. The smallest absolute Gasteiger partial charge is 0.222 e. The van der Waals surface area contributed by atoms with Crippen LogP contribution in [0, 0.1) is 11.8 Å². The van der Waals surface area contributed by atoms with Gasteiger partial charge in [-0.3, -0.25) is 4.79 Å². The molecule has 3 heteroatoms. The van der Waals surface area contributed by atoms with Gasteiger partial charge in [-0.1, -0.05) is 20.8 Å². The molecule has 2 atom stereocenters. The minimum Gasteiger partial charge on any atom is -0.381 e. The Balaban J connectivity index is 2.38. The largest absolute Gasteiger partial charge is 0.381 e. The van der Waals surface area contributed by atoms with Crippen LogP contribution < -0.4 is 5.32 Å². The van der Waals surface area contributed by atoms with Crippen molar-refractivity contribution in [1.29, 1.82) is 0 Å². The van der Waals surface area contributed by atoms with E-state index >= 15 is 0 Å². The van der Waals surface area contributed by atoms with Crippen molar-refractivity contribution in [3.05, 3.63) is 0 Å². The van der Waals surface area contributed by atoms with Crippen LogP contribution in [-0.2, 0) is 9.53 Å². The van der Waals surface area contributed by atoms with E-state index in [1.54, 1.807) is 0 Å². The SMILES string of the molecule is CC(C)C(=O)NC1CCOCC1C. The molecule has 0 aliphatic carbocycles. The van der Waals surface area contributed by atoms with Crippen LogP contribution in [0.25, 0.3) is 0 Å². The number of hydrogen-bond acceptors (Lipinski definition) is 2. The first kappa shape index (κ1) is 10.5. The maximum atomic E-state index is 11.4. The standard InChI is InChI=1S/C10H19NO2/c1-7(2)10(12)11-9-4-5-13-6-8(9)3/h7-9H,4-6H2,1-3H3,(H,11,12). The van der Waals surface area contributed by atoms with Gasteiger partial charge < -0.3 is 10.1 Å². The molecule has 1 saturated heterocycles. The minimum atomic E-state index is 0.0787. The first-order valence-corrected chi connectivity index (χ1v) is 4.99. The molecule has 13 heavy (non-hydrogen) atoms. The molecular weight excluding hydrogens is 166 g/mol. The summed E-state index contributed by atoms with van der Waals surface area (Å²) in [6.45, 7) is 7.49. The third kappa shape index (κ3) is 2.99. The van der Waals surface area contributed by atoms with Crippen molar-refractivity contribution in [3.8, 4) is 0 Å². The van der Waals surface area contributed by atoms with E-state index in [0.29, 0.717) is 12.0 Å². The molecule has 1 aliphatic heterocycles. The zero-order valence-electron chi connectivity index (χ0n) is 8.67. The minimum absolute atomic E-state index is 0.0787. The third-order valence-electron chi connectivity index (χ3n) is 2.49. The number of carbonyl (C=O) groups excluding carboxylic acids is 1. The second-order valence-corrected chi connectivity index (χ2v) is 4.11. The average molecular weight is 185 g/mol. The Bertz CT molecular complexity index is 180. The lowest BCUT2D eigenvalue weighted by atomic mass is 9.97. The van der Waals surface area contributed by atoms with E-state index in [1.165, 1.54) is 0 Å². The quantitative estimate of drug-likeness (QED) is 0.701. The van der Waals surface area contributed by atoms with Crippen molar-refractivity contribution >= 4 is 5.91 Å². The molecule has 0 spiro atoms. The summed E-state index contributed by atoms with van der Waals surface area (Å²) < 4.78 is 5.30. The Labute approximate surface area is 79.8 Å². The van der Waals surface area contributed by atoms with Crippen LogP contribution in [0.15, 0.2) is 0 Å². The van der Waals surface area contributed by atoms with Gasteiger partial charge in [0.25, 0.3) is 0 Å². The molecule has 2 unspecified atom stereocenters. The molecule has 1 rings (SSSR count). The number of amides is 1. The summed E-state index contributed by atoms with van der Waals surface area (Å²) in [6, 6.07) is 0.309. The third-order valence-corrected chi connectivity index (χ3v) is 2.49. The summed E-state index contributed by atoms with van der Waals surface area (Å²) in [6.07, 6.45) is 0.944. The molecule has 3 nitrogen and oxygen atoms in total. The highest BCUT2D eigenvalue weighted by atomic mass is 16.5. The van der Waals surface area contributed by atoms with Crippen LogP contribution >= 0.6 is 0 Å². The zero-order chi connectivity index (χ0) is 9.84. The van der Waals surface area contributed by atoms with Crippen LogP contribution in [0.3, 0.4) is 0 Å². The van der Waals surface area contributed by atoms with E-state index in [4.69, 9.17) is 4.74 Å². The van der Waals surface area contributed by atoms with Crippen molar-refractivity contribution in [3.63, 3.8) is 0 Å². The Morgan fingerprint density at radius 2 is 2.23 bits per heavy atom. The molecule has 0 saturated carbocycles. The van der Waals surface area contributed by atoms with Gasteiger partial charge in [0.15, 0.2) is 0 Å². The molecule has 0 aromatic rings. The first-order chi connectivity index (χ1) is 6.11. The van der Waals surface area contributed by atoms with Gasteiger partial charge in [0.1, 0.15) is 0 Å². The number of rotatable bonds is 2. The fourth-order valence-corrected chi connectivity index (χ4v) is 1.44. The number of nitrogens with one attached hydrogen (secondary N) is 1. The topological polar surface area (TPSA) is 38.3 Å². The lowest BCUT2D eigenvalue weighted by Crippen LogP contribution is -2.45. The van der Waals surface area contributed by atoms with E-state index < -0.39 is 0 Å². The highest BCUT2D eigenvalue weighted by Gasteiger charge is 2.23. The number of ether oxygens (including phenoxy) is 1. The molecular formula is C10H19NO2. The van der Waals surface area contributed by atoms with E-state index in [0.717, 1.165) is 19.6 Å². The van der Waals surface area contributed by atoms with E-state index in [9.17, 15) is 4.79 Å². The van der Waals surface area contributed by atoms with Crippen molar-refractivity contribution in [1.82, 2.24) is 5.32 Å². The van der Waals surface area contributed by atoms with Crippen LogP contribution in [-0.4, -0.2) is 25.2 Å². The van der Waals surface area contributed by atoms with E-state index in [1.807, 2.05) is 13.8 Å². The second-order valence-electron chi connectivity index (χ2n) is 4.11. The summed E-state index contributed by atoms with van der Waals surface area (Å²) in [5.41, 5.74) is 0. The predicted octanol–water partition coefficient (Wildman–Crippen LogP) is 1.18. The summed E-state index contributed by atoms with van der Waals surface area (Å²) in [5, 5.41) is 3.05. The van der Waals surface area contributed by atoms with Gasteiger partial charge >= 0.3 is 0 Å². The zero-order valence-corrected chi connectivity index (χ0v) is 8.67. The molecule has 1 heterocycles. The Kier molecular flexibility index (Phi) is 3.72. The summed E-state index contributed by atoms with van der Waals surface area (Å²) >= 11 is 0. The Morgan fingerprint density at radius 3 is 2.77 bits per heavy atom. The van der Waals surface area contributed by atoms with Crippen molar-refractivity contribution in [2.45, 2.75) is 33.2 Å². The van der Waals surface area contributed by atoms with Gasteiger partial charge in [0, 0.05) is 18.6 Å². The van der Waals surface area contributed by atoms with Gasteiger partial charge in [-0.05, 0) is 12.3 Å². The lowest BCUT2D eigenvalue weighted by molar-refractivity contribution is -0.125. The summed E-state index contributed by atoms with van der Waals surface area (Å²) in [5.74, 6) is 0.672. The Morgan fingerprint density at radius 1 is 1.54 bits per heavy atom. The van der Waals surface area contributed by atoms with Gasteiger partial charge in [0.2, 0.25) is 5.91 Å². The first-order valence-electron chi connectivity index (χ1n) is 4.99. The highest BCUT2D eigenvalue weighted by molar-refractivity contribution is 5.78. The maximum Gasteiger partial charge on any atom is 0.222 e. The summed E-state index contributed by atoms with van der Waals surface area (Å²) in [4.78, 5) is 11.4. The average Bonchev–Trinajstić information content (AvgIpc) is 2.08. The van der Waals surface area contributed by atoms with Crippen LogP contribution in [0.2, 0.25) is 0 Å². The van der Waals surface area contributed by atoms with Crippen LogP contribution in [0.4, 0.5) is 0 Å². The summed E-state index contributed by atoms with van der Waals surface area (Å²) in [7, 11) is 0. The molecule has 0 radical (unpaired) electrons. The monoisotopic (exact) mass is 185 g/mol. The predicted molar refractivity (Wildman–Crippen MR) is 51.4 cm³/mol. The van der Waals surface area contributed by atoms with E-state index in [2.05, 4.69) is 12.2 Å². The molecule has 0 bridgehead atoms. The molecule has 1 fully saturated rings. The van der Waals surface area contributed by atoms with Gasteiger partial charge in [-0.2, -0.15) is 0 Å². The van der Waals surface area contributed by atoms with Crippen LogP contribution in [0.5, 0.6) is 0 Å². The van der Waals surface area contributed by atoms with Gasteiger partial charge in [-0.15, -0.1) is 0 Å². The molecule has 0 aromatic carbocycles. The van der Waals surface area contributed by atoms with Crippen LogP contribution in [0.1, 0.15) is 27.2 Å². The maximum absolute atomic E-state index is 11.4. The number of hydrogen-bond donors (Lipinski definition) is 1. The Hall–Kier alpha value is -0.570. The highest BCUT2D eigenvalue weighted by Crippen LogP contribution is 2.14. The van der Waals surface area contributed by atoms with Crippen molar-refractivity contribution < 1.29 is 9.53 Å². The van der Waals surface area contributed by atoms with Gasteiger partial charge in [-0.25, -0.2) is 0 Å². The number of carbonyl (C=O) groups is 1. The fraction of sp³-hybridized carbons (Fsp3) is 0.900. The van der Waals surface area contributed by atoms with Gasteiger partial charge in [0.05, 0.1) is 6.61 Å². The molecule has 1 amide bonds. The van der Waals surface area contributed by atoms with Crippen molar-refractivity contribution in [2.75, 3.05) is 13.2 Å². The molecule has 0 aromatic heterocycles. The lowest BCUT2D eigenvalue weighted by Gasteiger charge is -2.30. The fourth-order valence-electron chi connectivity index (χ4n) is 1.44.